The summed E-state index contributed by atoms with van der Waals surface area (Å²) in [6.07, 6.45) is -1.35. The zero-order valence-electron chi connectivity index (χ0n) is 20.2. The molecule has 0 aliphatic heterocycles. The summed E-state index contributed by atoms with van der Waals surface area (Å²) in [6.45, 7) is 5.40. The lowest BCUT2D eigenvalue weighted by Gasteiger charge is -2.21. The molecule has 0 radical (unpaired) electrons. The van der Waals surface area contributed by atoms with Gasteiger partial charge in [-0.15, -0.1) is 0 Å². The van der Waals surface area contributed by atoms with Crippen molar-refractivity contribution in [1.82, 2.24) is 5.32 Å². The number of nitrogens with one attached hydrogen (secondary N) is 1. The zero-order chi connectivity index (χ0) is 26.3. The normalized spacial score (nSPS) is 11.8. The standard InChI is InChI=1S/C28H26ClFN2O4/c1-28(2,3)36-27(34)25(30)20-8-13-24(21(16-20)17-31)35-23-11-6-19(7-12-23)26(33)32-15-14-18-4-9-22(29)10-5-18/h4-13,16,25H,14-15H2,1-3H3,(H,32,33). The van der Waals surface area contributed by atoms with Gasteiger partial charge < -0.3 is 14.8 Å². The minimum absolute atomic E-state index is 0.00114. The number of amides is 1. The van der Waals surface area contributed by atoms with Crippen LogP contribution in [0, 0.1) is 11.3 Å². The minimum Gasteiger partial charge on any atom is -0.458 e. The molecule has 0 spiro atoms. The van der Waals surface area contributed by atoms with Crippen LogP contribution in [0.15, 0.2) is 66.7 Å². The lowest BCUT2D eigenvalue weighted by Crippen LogP contribution is -2.26. The van der Waals surface area contributed by atoms with Crippen molar-refractivity contribution >= 4 is 23.5 Å². The van der Waals surface area contributed by atoms with Crippen LogP contribution in [0.4, 0.5) is 4.39 Å². The smallest absolute Gasteiger partial charge is 0.345 e. The molecule has 6 nitrogen and oxygen atoms in total. The van der Waals surface area contributed by atoms with Crippen molar-refractivity contribution in [2.75, 3.05) is 6.54 Å². The maximum atomic E-state index is 14.6. The molecule has 3 aromatic carbocycles. The summed E-state index contributed by atoms with van der Waals surface area (Å²) in [6, 6.07) is 19.8. The Morgan fingerprint density at radius 2 is 1.72 bits per heavy atom. The summed E-state index contributed by atoms with van der Waals surface area (Å²) in [5.74, 6) is -0.672. The molecule has 1 N–H and O–H groups in total. The Morgan fingerprint density at radius 1 is 1.06 bits per heavy atom. The topological polar surface area (TPSA) is 88.4 Å². The molecule has 3 aromatic rings. The minimum atomic E-state index is -2.03. The Balaban J connectivity index is 1.60. The number of carbonyl (C=O) groups excluding carboxylic acids is 2. The Bertz CT molecular complexity index is 1260. The summed E-state index contributed by atoms with van der Waals surface area (Å²) < 4.78 is 25.4. The number of esters is 1. The van der Waals surface area contributed by atoms with Crippen molar-refractivity contribution in [2.24, 2.45) is 0 Å². The number of halogens is 2. The highest BCUT2D eigenvalue weighted by Gasteiger charge is 2.27. The first kappa shape index (κ1) is 26.7. The molecular formula is C28H26ClFN2O4. The fraction of sp³-hybridized carbons (Fsp3) is 0.250. The number of alkyl halides is 1. The highest BCUT2D eigenvalue weighted by Crippen LogP contribution is 2.30. The number of ether oxygens (including phenoxy) is 2. The average Bonchev–Trinajstić information content (AvgIpc) is 2.84. The molecule has 0 heterocycles. The SMILES string of the molecule is CC(C)(C)OC(=O)C(F)c1ccc(Oc2ccc(C(=O)NCCc3ccc(Cl)cc3)cc2)c(C#N)c1. The second kappa shape index (κ2) is 11.7. The van der Waals surface area contributed by atoms with Gasteiger partial charge in [0.05, 0.1) is 5.56 Å². The number of nitriles is 1. The Morgan fingerprint density at radius 3 is 2.33 bits per heavy atom. The van der Waals surface area contributed by atoms with Gasteiger partial charge in [-0.25, -0.2) is 9.18 Å². The fourth-order valence-corrected chi connectivity index (χ4v) is 3.37. The fourth-order valence-electron chi connectivity index (χ4n) is 3.25. The van der Waals surface area contributed by atoms with Crippen LogP contribution < -0.4 is 10.1 Å². The van der Waals surface area contributed by atoms with Crippen LogP contribution in [0.3, 0.4) is 0 Å². The first-order valence-electron chi connectivity index (χ1n) is 11.3. The molecule has 0 aliphatic carbocycles. The molecule has 0 saturated heterocycles. The number of hydrogen-bond acceptors (Lipinski definition) is 5. The van der Waals surface area contributed by atoms with E-state index in [0.717, 1.165) is 5.56 Å². The lowest BCUT2D eigenvalue weighted by atomic mass is 10.1. The van der Waals surface area contributed by atoms with E-state index in [1.165, 1.54) is 18.2 Å². The molecule has 8 heteroatoms. The van der Waals surface area contributed by atoms with Gasteiger partial charge in [-0.1, -0.05) is 29.8 Å². The molecule has 0 saturated carbocycles. The zero-order valence-corrected chi connectivity index (χ0v) is 20.9. The van der Waals surface area contributed by atoms with E-state index in [-0.39, 0.29) is 22.8 Å². The average molecular weight is 509 g/mol. The van der Waals surface area contributed by atoms with Crippen molar-refractivity contribution < 1.29 is 23.5 Å². The molecule has 1 atom stereocenters. The Kier molecular flexibility index (Phi) is 8.68. The van der Waals surface area contributed by atoms with Crippen molar-refractivity contribution in [2.45, 2.75) is 39.0 Å². The lowest BCUT2D eigenvalue weighted by molar-refractivity contribution is -0.161. The molecule has 0 aromatic heterocycles. The van der Waals surface area contributed by atoms with Gasteiger partial charge in [-0.3, -0.25) is 4.79 Å². The quantitative estimate of drug-likeness (QED) is 0.359. The van der Waals surface area contributed by atoms with Gasteiger partial charge in [0, 0.05) is 17.1 Å². The first-order chi connectivity index (χ1) is 17.1. The summed E-state index contributed by atoms with van der Waals surface area (Å²) in [7, 11) is 0. The summed E-state index contributed by atoms with van der Waals surface area (Å²) in [4.78, 5) is 24.4. The van der Waals surface area contributed by atoms with E-state index in [1.807, 2.05) is 18.2 Å². The molecule has 186 valence electrons. The Hall–Kier alpha value is -3.89. The summed E-state index contributed by atoms with van der Waals surface area (Å²) >= 11 is 5.88. The van der Waals surface area contributed by atoms with Crippen LogP contribution >= 0.6 is 11.6 Å². The third-order valence-corrected chi connectivity index (χ3v) is 5.24. The van der Waals surface area contributed by atoms with E-state index in [4.69, 9.17) is 21.1 Å². The maximum absolute atomic E-state index is 14.6. The number of hydrogen-bond donors (Lipinski definition) is 1. The predicted octanol–water partition coefficient (Wildman–Crippen LogP) is 6.33. The van der Waals surface area contributed by atoms with Gasteiger partial charge in [-0.2, -0.15) is 5.26 Å². The second-order valence-electron chi connectivity index (χ2n) is 9.02. The predicted molar refractivity (Wildman–Crippen MR) is 135 cm³/mol. The summed E-state index contributed by atoms with van der Waals surface area (Å²) in [5.41, 5.74) is 0.740. The van der Waals surface area contributed by atoms with Crippen LogP contribution in [0.5, 0.6) is 11.5 Å². The molecule has 36 heavy (non-hydrogen) atoms. The highest BCUT2D eigenvalue weighted by molar-refractivity contribution is 6.30. The van der Waals surface area contributed by atoms with Crippen molar-refractivity contribution in [3.8, 4) is 17.6 Å². The van der Waals surface area contributed by atoms with Gasteiger partial charge in [0.15, 0.2) is 0 Å². The summed E-state index contributed by atoms with van der Waals surface area (Å²) in [5, 5.41) is 13.0. The Labute approximate surface area is 214 Å². The van der Waals surface area contributed by atoms with E-state index in [1.54, 1.807) is 57.2 Å². The van der Waals surface area contributed by atoms with E-state index in [9.17, 15) is 19.2 Å². The van der Waals surface area contributed by atoms with Gasteiger partial charge in [0.2, 0.25) is 6.17 Å². The van der Waals surface area contributed by atoms with Gasteiger partial charge >= 0.3 is 5.97 Å². The number of carbonyl (C=O) groups is 2. The molecule has 3 rings (SSSR count). The van der Waals surface area contributed by atoms with Crippen molar-refractivity contribution in [1.29, 1.82) is 5.26 Å². The van der Waals surface area contributed by atoms with E-state index >= 15 is 0 Å². The highest BCUT2D eigenvalue weighted by atomic mass is 35.5. The molecule has 1 amide bonds. The molecule has 0 bridgehead atoms. The molecule has 0 aliphatic rings. The monoisotopic (exact) mass is 508 g/mol. The van der Waals surface area contributed by atoms with Gasteiger partial charge in [0.1, 0.15) is 23.2 Å². The third kappa shape index (κ3) is 7.56. The van der Waals surface area contributed by atoms with E-state index in [0.29, 0.717) is 29.3 Å². The van der Waals surface area contributed by atoms with Crippen LogP contribution in [-0.4, -0.2) is 24.0 Å². The second-order valence-corrected chi connectivity index (χ2v) is 9.46. The molecular weight excluding hydrogens is 483 g/mol. The largest absolute Gasteiger partial charge is 0.458 e. The van der Waals surface area contributed by atoms with Crippen molar-refractivity contribution in [3.05, 3.63) is 94.0 Å². The number of benzene rings is 3. The van der Waals surface area contributed by atoms with Crippen LogP contribution in [-0.2, 0) is 16.0 Å². The van der Waals surface area contributed by atoms with Crippen LogP contribution in [0.1, 0.15) is 54.0 Å². The van der Waals surface area contributed by atoms with E-state index in [2.05, 4.69) is 5.32 Å². The molecule has 0 fully saturated rings. The van der Waals surface area contributed by atoms with Gasteiger partial charge in [-0.05, 0) is 86.8 Å². The maximum Gasteiger partial charge on any atom is 0.345 e. The number of nitrogens with zero attached hydrogens (tertiary/aromatic N) is 1. The van der Waals surface area contributed by atoms with Gasteiger partial charge in [0.25, 0.3) is 5.91 Å². The molecule has 1 unspecified atom stereocenters. The third-order valence-electron chi connectivity index (χ3n) is 4.99. The van der Waals surface area contributed by atoms with Crippen molar-refractivity contribution in [3.63, 3.8) is 0 Å². The first-order valence-corrected chi connectivity index (χ1v) is 11.6. The van der Waals surface area contributed by atoms with Crippen LogP contribution in [0.25, 0.3) is 0 Å². The van der Waals surface area contributed by atoms with E-state index < -0.39 is 17.7 Å². The van der Waals surface area contributed by atoms with Crippen LogP contribution in [0.2, 0.25) is 5.02 Å². The number of rotatable bonds is 8.